The van der Waals surface area contributed by atoms with E-state index in [0.717, 1.165) is 0 Å². The van der Waals surface area contributed by atoms with E-state index in [9.17, 15) is 0 Å². The first-order valence-corrected chi connectivity index (χ1v) is 2.35. The minimum atomic E-state index is -4.64. The largest absolute Gasteiger partial charge is 1.00 e. The molecule has 0 aromatic heterocycles. The van der Waals surface area contributed by atoms with Crippen LogP contribution in [0.3, 0.4) is 0 Å². The van der Waals surface area contributed by atoms with Crippen molar-refractivity contribution in [1.29, 1.82) is 0 Å². The monoisotopic (exact) mass is 205 g/mol. The number of rotatable bonds is 0. The zero-order valence-electron chi connectivity index (χ0n) is 5.14. The third-order valence-corrected chi connectivity index (χ3v) is 0. The first-order chi connectivity index (χ1) is 2.00. The van der Waals surface area contributed by atoms with Gasteiger partial charge < -0.3 is 16.1 Å². The minimum Gasteiger partial charge on any atom is -1.00 e. The van der Waals surface area contributed by atoms with E-state index < -0.39 is 7.82 Å². The Kier molecular flexibility index (Phi) is 25.3. The molecule has 0 aromatic rings. The van der Waals surface area contributed by atoms with Crippen molar-refractivity contribution < 1.29 is 79.8 Å². The van der Waals surface area contributed by atoms with Crippen molar-refractivity contribution in [3.8, 4) is 0 Å². The second-order valence-corrected chi connectivity index (χ2v) is 1.54. The van der Waals surface area contributed by atoms with Crippen LogP contribution in [0.5, 0.6) is 0 Å². The topological polar surface area (TPSA) is 77.8 Å². The van der Waals surface area contributed by atoms with Crippen molar-refractivity contribution in [2.75, 3.05) is 0 Å². The maximum atomic E-state index is 8.88. The summed E-state index contributed by atoms with van der Waals surface area (Å²) in [7, 11) is -4.64. The van der Waals surface area contributed by atoms with E-state index in [4.69, 9.17) is 19.2 Å². The van der Waals surface area contributed by atoms with Gasteiger partial charge in [-0.15, -0.1) is 0 Å². The van der Waals surface area contributed by atoms with E-state index in [1.54, 1.807) is 0 Å². The standard InChI is InChI=1S/Li.H3O4P.Ti.V.H/c;1-5(2,3)4;;;/h;(H3,1,2,3,4);;;/q+1;;;;-1. The van der Waals surface area contributed by atoms with Gasteiger partial charge in [-0.3, -0.25) is 0 Å². The van der Waals surface area contributed by atoms with Gasteiger partial charge in [0.1, 0.15) is 0 Å². The first kappa shape index (κ1) is 22.5. The van der Waals surface area contributed by atoms with Gasteiger partial charge in [0.05, 0.1) is 0 Å². The average molecular weight is 205 g/mol. The molecule has 0 spiro atoms. The second-order valence-electron chi connectivity index (χ2n) is 0.513. The predicted octanol–water partition coefficient (Wildman–Crippen LogP) is -3.82. The summed E-state index contributed by atoms with van der Waals surface area (Å²) in [5.41, 5.74) is 0. The van der Waals surface area contributed by atoms with Gasteiger partial charge in [-0.2, -0.15) is 0 Å². The summed E-state index contributed by atoms with van der Waals surface area (Å²) in [6, 6.07) is 0. The molecule has 8 heteroatoms. The Morgan fingerprint density at radius 3 is 1.25 bits per heavy atom. The molecule has 4 nitrogen and oxygen atoms in total. The van der Waals surface area contributed by atoms with Gasteiger partial charge in [0.2, 0.25) is 0 Å². The molecule has 0 atom stereocenters. The fourth-order valence-corrected chi connectivity index (χ4v) is 0. The molecule has 0 amide bonds. The molecule has 0 fully saturated rings. The normalized spacial score (nSPS) is 7.38. The van der Waals surface area contributed by atoms with Crippen LogP contribution in [0.1, 0.15) is 1.43 Å². The summed E-state index contributed by atoms with van der Waals surface area (Å²) in [5.74, 6) is 0. The third-order valence-electron chi connectivity index (χ3n) is 0. The smallest absolute Gasteiger partial charge is 1.00 e. The van der Waals surface area contributed by atoms with Gasteiger partial charge in [-0.05, 0) is 0 Å². The van der Waals surface area contributed by atoms with Crippen molar-refractivity contribution in [2.45, 2.75) is 0 Å². The molecule has 0 aliphatic heterocycles. The second kappa shape index (κ2) is 9.01. The molecule has 1 radical (unpaired) electrons. The summed E-state index contributed by atoms with van der Waals surface area (Å²) in [5, 5.41) is 0. The average Bonchev–Trinajstić information content (AvgIpc) is 0.722. The Morgan fingerprint density at radius 1 is 1.25 bits per heavy atom. The van der Waals surface area contributed by atoms with Gasteiger partial charge in [-0.1, -0.05) is 0 Å². The first-order valence-electron chi connectivity index (χ1n) is 0.783. The SMILES string of the molecule is O=P(O)(O)O.[H-].[Li+].[Ti].[V]. The molecule has 0 rings (SSSR count). The summed E-state index contributed by atoms with van der Waals surface area (Å²) < 4.78 is 8.88. The molecule has 0 saturated heterocycles. The Hall–Kier alpha value is 2.01. The van der Waals surface area contributed by atoms with Gasteiger partial charge >= 0.3 is 26.7 Å². The van der Waals surface area contributed by atoms with E-state index in [0.29, 0.717) is 0 Å². The molecule has 0 heterocycles. The van der Waals surface area contributed by atoms with Crippen molar-refractivity contribution in [3.63, 3.8) is 0 Å². The van der Waals surface area contributed by atoms with E-state index in [1.807, 2.05) is 0 Å². The van der Waals surface area contributed by atoms with Crippen molar-refractivity contribution in [3.05, 3.63) is 0 Å². The summed E-state index contributed by atoms with van der Waals surface area (Å²) in [4.78, 5) is 21.6. The number of hydrogen-bond acceptors (Lipinski definition) is 1. The van der Waals surface area contributed by atoms with E-state index >= 15 is 0 Å². The molecule has 3 N–H and O–H groups in total. The van der Waals surface area contributed by atoms with Crippen LogP contribution in [0.25, 0.3) is 0 Å². The van der Waals surface area contributed by atoms with Crippen LogP contribution >= 0.6 is 7.82 Å². The van der Waals surface area contributed by atoms with Gasteiger partial charge in [0.25, 0.3) is 0 Å². The van der Waals surface area contributed by atoms with Crippen molar-refractivity contribution >= 4 is 7.82 Å². The van der Waals surface area contributed by atoms with E-state index in [2.05, 4.69) is 0 Å². The van der Waals surface area contributed by atoms with Crippen molar-refractivity contribution in [2.24, 2.45) is 0 Å². The summed E-state index contributed by atoms with van der Waals surface area (Å²) >= 11 is 0. The molecule has 0 aliphatic rings. The van der Waals surface area contributed by atoms with Crippen LogP contribution < -0.4 is 18.9 Å². The molecule has 0 unspecified atom stereocenters. The Bertz CT molecular complexity index is 66.7. The fraction of sp³-hybridized carbons (Fsp3) is 0. The molecule has 0 aliphatic carbocycles. The van der Waals surface area contributed by atoms with Crippen LogP contribution in [0.15, 0.2) is 0 Å². The third kappa shape index (κ3) is 97.6. The Balaban J connectivity index is -0.0000000133. The van der Waals surface area contributed by atoms with Crippen LogP contribution in [0.4, 0.5) is 0 Å². The molecule has 0 aromatic carbocycles. The maximum absolute atomic E-state index is 8.88. The number of hydrogen-bond donors (Lipinski definition) is 3. The van der Waals surface area contributed by atoms with Gasteiger partial charge in [0, 0.05) is 40.3 Å². The van der Waals surface area contributed by atoms with Crippen molar-refractivity contribution in [1.82, 2.24) is 0 Å². The Morgan fingerprint density at radius 2 is 1.25 bits per heavy atom. The maximum Gasteiger partial charge on any atom is 1.00 e. The molecular weight excluding hydrogens is 201 g/mol. The molecule has 43 valence electrons. The fourth-order valence-electron chi connectivity index (χ4n) is 0. The zero-order valence-corrected chi connectivity index (χ0v) is 8.00. The van der Waals surface area contributed by atoms with E-state index in [-0.39, 0.29) is 60.6 Å². The van der Waals surface area contributed by atoms with Crippen LogP contribution in [-0.4, -0.2) is 14.7 Å². The molecule has 0 bridgehead atoms. The minimum absolute atomic E-state index is 0. The molecule has 0 saturated carbocycles. The van der Waals surface area contributed by atoms with Crippen LogP contribution in [0, 0.1) is 0 Å². The van der Waals surface area contributed by atoms with Crippen LogP contribution in [-0.2, 0) is 44.8 Å². The zero-order chi connectivity index (χ0) is 4.50. The summed E-state index contributed by atoms with van der Waals surface area (Å²) in [6.45, 7) is 0. The number of phosphoric acid groups is 1. The van der Waals surface area contributed by atoms with Gasteiger partial charge in [0.15, 0.2) is 0 Å². The Labute approximate surface area is 87.1 Å². The van der Waals surface area contributed by atoms with Gasteiger partial charge in [-0.25, -0.2) is 4.57 Å². The predicted molar refractivity (Wildman–Crippen MR) is 15.4 cm³/mol. The molecule has 8 heavy (non-hydrogen) atoms. The summed E-state index contributed by atoms with van der Waals surface area (Å²) in [6.07, 6.45) is 0. The quantitative estimate of drug-likeness (QED) is 0.279. The van der Waals surface area contributed by atoms with E-state index in [1.165, 1.54) is 0 Å². The van der Waals surface area contributed by atoms with Crippen LogP contribution in [0.2, 0.25) is 0 Å². The molecular formula is H4LiO4PTiV.